The highest BCUT2D eigenvalue weighted by Crippen LogP contribution is 2.44. The van der Waals surface area contributed by atoms with Crippen molar-refractivity contribution in [1.29, 1.82) is 0 Å². The fourth-order valence-electron chi connectivity index (χ4n) is 4.83. The molecule has 5 rings (SSSR count). The second kappa shape index (κ2) is 7.25. The van der Waals surface area contributed by atoms with Crippen molar-refractivity contribution >= 4 is 37.7 Å². The molecule has 2 unspecified atom stereocenters. The molecule has 1 aromatic heterocycles. The summed E-state index contributed by atoms with van der Waals surface area (Å²) in [6.07, 6.45) is -1.93. The van der Waals surface area contributed by atoms with Crippen LogP contribution in [0.1, 0.15) is 35.7 Å². The van der Waals surface area contributed by atoms with Gasteiger partial charge in [-0.25, -0.2) is 8.42 Å². The van der Waals surface area contributed by atoms with E-state index in [9.17, 15) is 26.7 Å². The van der Waals surface area contributed by atoms with Crippen LogP contribution in [0.2, 0.25) is 0 Å². The lowest BCUT2D eigenvalue weighted by molar-refractivity contribution is -0.137. The highest BCUT2D eigenvalue weighted by atomic mass is 79.9. The van der Waals surface area contributed by atoms with Gasteiger partial charge in [-0.05, 0) is 42.7 Å². The first-order valence-electron chi connectivity index (χ1n) is 9.60. The standard InChI is InChI=1S/C21H19F3N2O3S.BrH/c1-26-17-8-12-5-6-16(25-12)19(17)15-9-14(10-18(27)20(15)26)30(28,29)13-4-2-3-11(7-13)21(22,23)24;/h2-4,7,9-10,12,16,25,27H,5-6,8H2,1H3;1H. The average Bonchev–Trinajstić information content (AvgIpc) is 3.20. The third-order valence-corrected chi connectivity index (χ3v) is 7.95. The van der Waals surface area contributed by atoms with Crippen LogP contribution in [0.5, 0.6) is 5.75 Å². The Morgan fingerprint density at radius 3 is 2.58 bits per heavy atom. The number of nitrogens with one attached hydrogen (secondary N) is 1. The highest BCUT2D eigenvalue weighted by molar-refractivity contribution is 8.93. The second-order valence-electron chi connectivity index (χ2n) is 7.98. The molecular weight excluding hydrogens is 497 g/mol. The first-order valence-corrected chi connectivity index (χ1v) is 11.1. The molecule has 1 saturated heterocycles. The first kappa shape index (κ1) is 22.2. The van der Waals surface area contributed by atoms with Gasteiger partial charge >= 0.3 is 6.18 Å². The van der Waals surface area contributed by atoms with Gasteiger partial charge in [-0.1, -0.05) is 6.07 Å². The number of phenols is 1. The van der Waals surface area contributed by atoms with Crippen molar-refractivity contribution < 1.29 is 26.7 Å². The lowest BCUT2D eigenvalue weighted by Gasteiger charge is -2.23. The van der Waals surface area contributed by atoms with Crippen molar-refractivity contribution in [3.8, 4) is 5.75 Å². The van der Waals surface area contributed by atoms with Crippen LogP contribution in [-0.4, -0.2) is 24.1 Å². The van der Waals surface area contributed by atoms with Crippen molar-refractivity contribution in [2.24, 2.45) is 7.05 Å². The summed E-state index contributed by atoms with van der Waals surface area (Å²) in [6.45, 7) is 0. The summed E-state index contributed by atoms with van der Waals surface area (Å²) in [5, 5.41) is 14.8. The van der Waals surface area contributed by atoms with Gasteiger partial charge in [-0.2, -0.15) is 13.2 Å². The van der Waals surface area contributed by atoms with Gasteiger partial charge in [0.15, 0.2) is 0 Å². The molecule has 5 nitrogen and oxygen atoms in total. The Bertz CT molecular complexity index is 1300. The quantitative estimate of drug-likeness (QED) is 0.519. The van der Waals surface area contributed by atoms with Crippen LogP contribution in [0.25, 0.3) is 10.9 Å². The zero-order valence-electron chi connectivity index (χ0n) is 16.4. The lowest BCUT2D eigenvalue weighted by Crippen LogP contribution is -2.32. The Labute approximate surface area is 187 Å². The minimum absolute atomic E-state index is 0. The molecule has 1 fully saturated rings. The summed E-state index contributed by atoms with van der Waals surface area (Å²) in [6, 6.07) is 6.69. The van der Waals surface area contributed by atoms with Crippen LogP contribution in [-0.2, 0) is 29.5 Å². The van der Waals surface area contributed by atoms with E-state index >= 15 is 0 Å². The maximum atomic E-state index is 13.1. The summed E-state index contributed by atoms with van der Waals surface area (Å²) < 4.78 is 67.4. The van der Waals surface area contributed by atoms with Gasteiger partial charge in [-0.15, -0.1) is 17.0 Å². The largest absolute Gasteiger partial charge is 0.506 e. The summed E-state index contributed by atoms with van der Waals surface area (Å²) in [7, 11) is -2.42. The number of nitrogens with zero attached hydrogens (tertiary/aromatic N) is 1. The van der Waals surface area contributed by atoms with Crippen LogP contribution in [0, 0.1) is 0 Å². The molecule has 2 aliphatic heterocycles. The number of benzene rings is 2. The Kier molecular flexibility index (Phi) is 5.18. The number of sulfone groups is 1. The second-order valence-corrected chi connectivity index (χ2v) is 9.93. The van der Waals surface area contributed by atoms with E-state index in [4.69, 9.17) is 0 Å². The van der Waals surface area contributed by atoms with Crippen molar-refractivity contribution in [2.75, 3.05) is 0 Å². The third kappa shape index (κ3) is 3.35. The van der Waals surface area contributed by atoms with Crippen molar-refractivity contribution in [2.45, 2.75) is 47.3 Å². The maximum Gasteiger partial charge on any atom is 0.416 e. The van der Waals surface area contributed by atoms with Gasteiger partial charge in [-0.3, -0.25) is 0 Å². The van der Waals surface area contributed by atoms with Crippen molar-refractivity contribution in [3.63, 3.8) is 0 Å². The molecule has 0 saturated carbocycles. The number of aromatic nitrogens is 1. The van der Waals surface area contributed by atoms with Crippen molar-refractivity contribution in [3.05, 3.63) is 53.2 Å². The number of rotatable bonds is 2. The predicted octanol–water partition coefficient (Wildman–Crippen LogP) is 4.66. The number of phenolic OH excluding ortho intramolecular Hbond substituents is 1. The first-order chi connectivity index (χ1) is 14.1. The fourth-order valence-corrected chi connectivity index (χ4v) is 6.18. The molecule has 10 heteroatoms. The van der Waals surface area contributed by atoms with E-state index in [2.05, 4.69) is 5.32 Å². The summed E-state index contributed by atoms with van der Waals surface area (Å²) in [4.78, 5) is -0.680. The molecule has 3 heterocycles. The number of aromatic hydroxyl groups is 1. The third-order valence-electron chi connectivity index (χ3n) is 6.22. The monoisotopic (exact) mass is 516 g/mol. The topological polar surface area (TPSA) is 71.3 Å². The number of aryl methyl sites for hydroxylation is 1. The van der Waals surface area contributed by atoms with E-state index in [1.165, 1.54) is 6.07 Å². The Balaban J connectivity index is 0.00000231. The highest BCUT2D eigenvalue weighted by Gasteiger charge is 2.37. The average molecular weight is 517 g/mol. The number of hydrogen-bond donors (Lipinski definition) is 2. The van der Waals surface area contributed by atoms with Crippen molar-refractivity contribution in [1.82, 2.24) is 9.88 Å². The Morgan fingerprint density at radius 2 is 1.87 bits per heavy atom. The number of halogens is 4. The molecule has 2 bridgehead atoms. The van der Waals surface area contributed by atoms with Crippen LogP contribution in [0.15, 0.2) is 46.2 Å². The summed E-state index contributed by atoms with van der Waals surface area (Å²) >= 11 is 0. The Morgan fingerprint density at radius 1 is 1.13 bits per heavy atom. The minimum Gasteiger partial charge on any atom is -0.506 e. The molecule has 31 heavy (non-hydrogen) atoms. The van der Waals surface area contributed by atoms with Gasteiger partial charge in [0.25, 0.3) is 0 Å². The smallest absolute Gasteiger partial charge is 0.416 e. The van der Waals surface area contributed by atoms with Crippen LogP contribution in [0.4, 0.5) is 13.2 Å². The van der Waals surface area contributed by atoms with E-state index < -0.39 is 26.5 Å². The molecule has 0 aliphatic carbocycles. The van der Waals surface area contributed by atoms with Crippen LogP contribution >= 0.6 is 17.0 Å². The van der Waals surface area contributed by atoms with Gasteiger partial charge in [0.2, 0.25) is 9.84 Å². The maximum absolute atomic E-state index is 13.1. The van der Waals surface area contributed by atoms with Crippen LogP contribution < -0.4 is 5.32 Å². The van der Waals surface area contributed by atoms with E-state index in [0.29, 0.717) is 23.0 Å². The van der Waals surface area contributed by atoms with Gasteiger partial charge in [0, 0.05) is 42.7 Å². The summed E-state index contributed by atoms with van der Waals surface area (Å²) in [5.74, 6) is -0.203. The number of hydrogen-bond acceptors (Lipinski definition) is 4. The predicted molar refractivity (Wildman–Crippen MR) is 114 cm³/mol. The van der Waals surface area contributed by atoms with E-state index in [1.54, 1.807) is 0 Å². The molecule has 2 atom stereocenters. The molecule has 0 amide bonds. The van der Waals surface area contributed by atoms with E-state index in [1.807, 2.05) is 11.6 Å². The van der Waals surface area contributed by atoms with Crippen LogP contribution in [0.3, 0.4) is 0 Å². The molecule has 0 radical (unpaired) electrons. The zero-order valence-corrected chi connectivity index (χ0v) is 18.9. The molecule has 0 spiro atoms. The van der Waals surface area contributed by atoms with Gasteiger partial charge in [0.05, 0.1) is 20.9 Å². The fraction of sp³-hybridized carbons (Fsp3) is 0.333. The summed E-state index contributed by atoms with van der Waals surface area (Å²) in [5.41, 5.74) is 1.53. The minimum atomic E-state index is -4.65. The van der Waals surface area contributed by atoms with E-state index in [-0.39, 0.29) is 33.7 Å². The Hall–Kier alpha value is -2.04. The molecular formula is C21H20BrF3N2O3S. The molecule has 2 aliphatic rings. The van der Waals surface area contributed by atoms with E-state index in [0.717, 1.165) is 54.8 Å². The number of fused-ring (bicyclic) bond motifs is 6. The van der Waals surface area contributed by atoms with Gasteiger partial charge < -0.3 is 15.0 Å². The normalized spacial score (nSPS) is 20.5. The zero-order chi connectivity index (χ0) is 21.4. The lowest BCUT2D eigenvalue weighted by atomic mass is 9.99. The number of alkyl halides is 3. The molecule has 3 aromatic rings. The molecule has 2 aromatic carbocycles. The molecule has 166 valence electrons. The SMILES string of the molecule is Br.Cn1c2c(c3cc(S(=O)(=O)c4cccc(C(F)(F)F)c4)cc(O)c31)C1CCC(C2)N1. The van der Waals surface area contributed by atoms with Gasteiger partial charge in [0.1, 0.15) is 5.75 Å². The molecule has 2 N–H and O–H groups in total.